The molecule has 0 saturated heterocycles. The first-order valence-corrected chi connectivity index (χ1v) is 37.1. The lowest BCUT2D eigenvalue weighted by Gasteiger charge is -2.27. The third-order valence-electron chi connectivity index (χ3n) is 21.3. The quantitative estimate of drug-likeness (QED) is 0.110. The minimum absolute atomic E-state index is 0.133. The van der Waals surface area contributed by atoms with Crippen molar-refractivity contribution in [1.29, 1.82) is 0 Å². The van der Waals surface area contributed by atoms with Crippen molar-refractivity contribution in [2.24, 2.45) is 0 Å². The third-order valence-corrected chi connectivity index (χ3v) is 21.3. The van der Waals surface area contributed by atoms with Crippen LogP contribution in [0.1, 0.15) is 313 Å². The van der Waals surface area contributed by atoms with Gasteiger partial charge in [-0.2, -0.15) is 0 Å². The van der Waals surface area contributed by atoms with E-state index in [2.05, 4.69) is 263 Å². The third kappa shape index (κ3) is 16.8. The highest BCUT2D eigenvalue weighted by Gasteiger charge is 2.32. The van der Waals surface area contributed by atoms with Gasteiger partial charge in [0.25, 0.3) is 0 Å². The molecule has 8 heteroatoms. The van der Waals surface area contributed by atoms with Gasteiger partial charge in [0.15, 0.2) is 0 Å². The van der Waals surface area contributed by atoms with Gasteiger partial charge in [-0.05, 0) is 190 Å². The zero-order chi connectivity index (χ0) is 74.4. The Labute approximate surface area is 607 Å². The van der Waals surface area contributed by atoms with E-state index in [0.29, 0.717) is 92.6 Å². The highest BCUT2D eigenvalue weighted by atomic mass is 16.5. The number of rotatable bonds is 1. The van der Waals surface area contributed by atoms with Crippen molar-refractivity contribution in [3.63, 3.8) is 0 Å². The van der Waals surface area contributed by atoms with Crippen LogP contribution in [-0.4, -0.2) is 45.9 Å². The molecule has 0 amide bonds. The topological polar surface area (TPSA) is 129 Å². The number of phenols is 5. The van der Waals surface area contributed by atoms with Gasteiger partial charge in [-0.1, -0.05) is 263 Å². The molecule has 2 aliphatic heterocycles. The number of fused-ring (bicyclic) bond motifs is 17. The van der Waals surface area contributed by atoms with Crippen LogP contribution < -0.4 is 14.2 Å². The lowest BCUT2D eigenvalue weighted by Crippen LogP contribution is -2.16. The molecule has 0 aromatic heterocycles. The van der Waals surface area contributed by atoms with E-state index in [4.69, 9.17) is 14.2 Å². The SMILES string of the molecule is COc1c2cc(C(C)(C)C)cc1Cc1cc(C(C)(C)C)cc(c1O)Cc1cc(C(C)(C)C)cc3c1OCCCCOc1c(cc(C(C)(C)C)cc1Cc1cc(C(C)(C)C)cc(c1O)C2)Cc1cc(C(C)(C)C)cc(c1O)Cc1cc(C(C)(C)C)cc(c1O)Cc1cc(C(C)(C)C)cc(c1O)C3. The summed E-state index contributed by atoms with van der Waals surface area (Å²) < 4.78 is 21.4. The number of hydrogen-bond acceptors (Lipinski definition) is 8. The summed E-state index contributed by atoms with van der Waals surface area (Å²) in [4.78, 5) is 0. The molecule has 0 aliphatic carbocycles. The van der Waals surface area contributed by atoms with Crippen LogP contribution in [-0.2, 0) is 94.7 Å². The highest BCUT2D eigenvalue weighted by molar-refractivity contribution is 5.62. The maximum absolute atomic E-state index is 13.2. The number of ether oxygens (including phenoxy) is 3. The van der Waals surface area contributed by atoms with Crippen LogP contribution in [0.2, 0.25) is 0 Å². The Balaban J connectivity index is 1.34. The van der Waals surface area contributed by atoms with Gasteiger partial charge in [0.05, 0.1) is 20.3 Å². The Hall–Kier alpha value is -7.84. The molecule has 8 aromatic carbocycles. The second-order valence-corrected chi connectivity index (χ2v) is 38.1. The summed E-state index contributed by atoms with van der Waals surface area (Å²) in [5, 5.41) is 65.6. The lowest BCUT2D eigenvalue weighted by molar-refractivity contribution is 0.261. The summed E-state index contributed by atoms with van der Waals surface area (Å²) in [7, 11) is 1.74. The Morgan fingerprint density at radius 3 is 0.525 bits per heavy atom. The summed E-state index contributed by atoms with van der Waals surface area (Å²) in [5.41, 5.74) is 19.1. The van der Waals surface area contributed by atoms with Crippen molar-refractivity contribution in [3.8, 4) is 46.0 Å². The average Bonchev–Trinajstić information content (AvgIpc) is 0.878. The zero-order valence-corrected chi connectivity index (χ0v) is 66.2. The van der Waals surface area contributed by atoms with Crippen molar-refractivity contribution >= 4 is 0 Å². The molecule has 0 unspecified atom stereocenters. The molecule has 0 saturated carbocycles. The van der Waals surface area contributed by atoms with E-state index in [1.165, 1.54) is 0 Å². The van der Waals surface area contributed by atoms with Crippen LogP contribution >= 0.6 is 0 Å². The van der Waals surface area contributed by atoms with Crippen LogP contribution in [0.3, 0.4) is 0 Å². The van der Waals surface area contributed by atoms with Crippen molar-refractivity contribution in [2.75, 3.05) is 20.3 Å². The molecular weight excluding hydrogens is 1250 g/mol. The fourth-order valence-electron chi connectivity index (χ4n) is 14.5. The molecule has 2 aliphatic rings. The predicted molar refractivity (Wildman–Crippen MR) is 419 cm³/mol. The highest BCUT2D eigenvalue weighted by Crippen LogP contribution is 2.48. The van der Waals surface area contributed by atoms with Crippen LogP contribution in [0.25, 0.3) is 0 Å². The molecule has 14 bridgehead atoms. The Morgan fingerprint density at radius 1 is 0.228 bits per heavy atom. The number of aromatic hydroxyl groups is 5. The van der Waals surface area contributed by atoms with Gasteiger partial charge in [0, 0.05) is 51.4 Å². The van der Waals surface area contributed by atoms with E-state index in [9.17, 15) is 25.5 Å². The lowest BCUT2D eigenvalue weighted by atomic mass is 9.79. The van der Waals surface area contributed by atoms with Gasteiger partial charge < -0.3 is 39.7 Å². The number of hydrogen-bond donors (Lipinski definition) is 5. The summed E-state index contributed by atoms with van der Waals surface area (Å²) in [5.74, 6) is 3.06. The van der Waals surface area contributed by atoms with Gasteiger partial charge in [-0.15, -0.1) is 0 Å². The molecule has 0 radical (unpaired) electrons. The van der Waals surface area contributed by atoms with Gasteiger partial charge in [0.2, 0.25) is 0 Å². The first-order chi connectivity index (χ1) is 46.6. The van der Waals surface area contributed by atoms with E-state index < -0.39 is 0 Å². The molecule has 0 fully saturated rings. The number of methoxy groups -OCH3 is 1. The molecule has 5 N–H and O–H groups in total. The van der Waals surface area contributed by atoms with E-state index >= 15 is 0 Å². The summed E-state index contributed by atoms with van der Waals surface area (Å²) in [6.45, 7) is 54.0. The summed E-state index contributed by atoms with van der Waals surface area (Å²) in [6, 6.07) is 35.1. The van der Waals surface area contributed by atoms with Crippen LogP contribution in [0.15, 0.2) is 97.1 Å². The predicted octanol–water partition coefficient (Wildman–Crippen LogP) is 22.2. The molecule has 540 valence electrons. The Kier molecular flexibility index (Phi) is 20.6. The fraction of sp³-hybridized carbons (Fsp3) is 0.484. The monoisotopic (exact) mass is 1360 g/mol. The molecule has 2 heterocycles. The Bertz CT molecular complexity index is 4190. The largest absolute Gasteiger partial charge is 0.507 e. The molecule has 8 aromatic rings. The minimum Gasteiger partial charge on any atom is -0.507 e. The normalized spacial score (nSPS) is 14.9. The molecule has 8 nitrogen and oxygen atoms in total. The molecule has 101 heavy (non-hydrogen) atoms. The van der Waals surface area contributed by atoms with Crippen molar-refractivity contribution < 1.29 is 39.7 Å². The van der Waals surface area contributed by atoms with E-state index in [-0.39, 0.29) is 84.9 Å². The maximum atomic E-state index is 13.2. The Morgan fingerprint density at radius 2 is 0.366 bits per heavy atom. The fourth-order valence-corrected chi connectivity index (χ4v) is 14.5. The van der Waals surface area contributed by atoms with Gasteiger partial charge >= 0.3 is 0 Å². The summed E-state index contributed by atoms with van der Waals surface area (Å²) >= 11 is 0. The first kappa shape index (κ1) is 75.8. The maximum Gasteiger partial charge on any atom is 0.126 e. The smallest absolute Gasteiger partial charge is 0.126 e. The first-order valence-electron chi connectivity index (χ1n) is 37.1. The second-order valence-electron chi connectivity index (χ2n) is 38.1. The molecular formula is C93H120O8. The number of benzene rings is 8. The molecule has 0 atom stereocenters. The average molecular weight is 1370 g/mol. The van der Waals surface area contributed by atoms with E-state index in [1.807, 2.05) is 0 Å². The van der Waals surface area contributed by atoms with Gasteiger partial charge in [-0.25, -0.2) is 0 Å². The zero-order valence-electron chi connectivity index (χ0n) is 66.2. The van der Waals surface area contributed by atoms with Crippen LogP contribution in [0.4, 0.5) is 0 Å². The summed E-state index contributed by atoms with van der Waals surface area (Å²) in [6.07, 6.45) is 3.89. The second kappa shape index (κ2) is 27.4. The van der Waals surface area contributed by atoms with E-state index in [1.54, 1.807) is 7.11 Å². The van der Waals surface area contributed by atoms with Crippen molar-refractivity contribution in [1.82, 2.24) is 0 Å². The molecule has 0 spiro atoms. The van der Waals surface area contributed by atoms with Gasteiger partial charge in [-0.3, -0.25) is 0 Å². The van der Waals surface area contributed by atoms with Crippen molar-refractivity contribution in [3.05, 3.63) is 231 Å². The number of phenolic OH excluding ortho intramolecular Hbond substituents is 5. The van der Waals surface area contributed by atoms with Crippen LogP contribution in [0.5, 0.6) is 46.0 Å². The van der Waals surface area contributed by atoms with Crippen molar-refractivity contribution in [2.45, 2.75) is 274 Å². The van der Waals surface area contributed by atoms with E-state index in [0.717, 1.165) is 123 Å². The van der Waals surface area contributed by atoms with Gasteiger partial charge in [0.1, 0.15) is 46.0 Å². The molecule has 10 rings (SSSR count). The standard InChI is InChI=1S/C93H120O8/c1-86(2,3)70-38-54-30-56-40-71(87(4,5)6)44-60(79(56)95)34-66-50-76(92(19,20)21)52-68-36-62-46-73(89(10,11)12)42-58(81(62)97)32-64-48-75(91(16,17)18)49-65(83(64)99-25)33-59-43-74(90(13,14)15)47-63(82(59)98)37-69-53-77(93(22,23)24)51-67(85(69)101-29-27-26-28-100-84(66)68)35-61-45-72(88(7,8)9)41-57(80(61)96)31-55(39-70)78(54)94/h38-53,94-98H,26-37H2,1-25H3. The van der Waals surface area contributed by atoms with Crippen LogP contribution in [0, 0.1) is 0 Å². The minimum atomic E-state index is -0.330.